The molecule has 1 aliphatic heterocycles. The number of aromatic nitrogens is 1. The van der Waals surface area contributed by atoms with Crippen molar-refractivity contribution in [1.29, 1.82) is 0 Å². The lowest BCUT2D eigenvalue weighted by molar-refractivity contribution is -0.139. The number of carboxylic acids is 1. The van der Waals surface area contributed by atoms with Crippen LogP contribution in [0.2, 0.25) is 0 Å². The third kappa shape index (κ3) is 5.55. The van der Waals surface area contributed by atoms with Gasteiger partial charge in [0.1, 0.15) is 23.9 Å². The fourth-order valence-corrected chi connectivity index (χ4v) is 5.56. The molecule has 0 radical (unpaired) electrons. The maximum atomic E-state index is 13.8. The molecule has 0 spiro atoms. The molecule has 2 aromatic carbocycles. The molecule has 0 bridgehead atoms. The first-order valence-corrected chi connectivity index (χ1v) is 13.6. The van der Waals surface area contributed by atoms with Gasteiger partial charge in [0.2, 0.25) is 0 Å². The number of hydrogen-bond acceptors (Lipinski definition) is 8. The van der Waals surface area contributed by atoms with Gasteiger partial charge in [-0.1, -0.05) is 48.3 Å². The Morgan fingerprint density at radius 1 is 1.17 bits per heavy atom. The second kappa shape index (κ2) is 11.6. The molecule has 10 heteroatoms. The van der Waals surface area contributed by atoms with Crippen LogP contribution in [0.25, 0.3) is 17.4 Å². The number of hydrogen-bond donors (Lipinski definition) is 1. The van der Waals surface area contributed by atoms with Gasteiger partial charge in [-0.3, -0.25) is 9.36 Å². The quantitative estimate of drug-likeness (QED) is 0.235. The number of aromatic carboxylic acids is 1. The van der Waals surface area contributed by atoms with E-state index in [4.69, 9.17) is 13.9 Å². The lowest BCUT2D eigenvalue weighted by Gasteiger charge is -2.24. The minimum absolute atomic E-state index is 0.141. The van der Waals surface area contributed by atoms with E-state index in [1.807, 2.05) is 12.1 Å². The highest BCUT2D eigenvalue weighted by Gasteiger charge is 2.33. The van der Waals surface area contributed by atoms with Crippen LogP contribution in [0.1, 0.15) is 41.6 Å². The van der Waals surface area contributed by atoms with Crippen molar-refractivity contribution in [1.82, 2.24) is 4.57 Å². The molecule has 0 aliphatic carbocycles. The molecule has 1 atom stereocenters. The number of rotatable bonds is 9. The molecule has 5 rings (SSSR count). The number of carboxylic acid groups (broad SMARTS) is 1. The van der Waals surface area contributed by atoms with E-state index in [2.05, 4.69) is 11.6 Å². The van der Waals surface area contributed by atoms with Gasteiger partial charge in [0.05, 0.1) is 34.0 Å². The number of carbonyl (C=O) groups excluding carboxylic acids is 1. The number of carbonyl (C=O) groups is 2. The average molecular weight is 571 g/mol. The summed E-state index contributed by atoms with van der Waals surface area (Å²) >= 11 is 1.18. The van der Waals surface area contributed by atoms with Crippen LogP contribution in [-0.4, -0.2) is 34.8 Å². The monoisotopic (exact) mass is 570 g/mol. The number of thiazole rings is 1. The van der Waals surface area contributed by atoms with Crippen molar-refractivity contribution in [3.63, 3.8) is 0 Å². The van der Waals surface area contributed by atoms with Gasteiger partial charge in [-0.2, -0.15) is 0 Å². The Bertz CT molecular complexity index is 1860. The topological polar surface area (TPSA) is 120 Å². The zero-order valence-corrected chi connectivity index (χ0v) is 23.1. The van der Waals surface area contributed by atoms with Crippen molar-refractivity contribution >= 4 is 29.4 Å². The number of fused-ring (bicyclic) bond motifs is 1. The maximum Gasteiger partial charge on any atom is 0.338 e. The van der Waals surface area contributed by atoms with Gasteiger partial charge >= 0.3 is 11.9 Å². The normalized spacial score (nSPS) is 14.8. The van der Waals surface area contributed by atoms with Crippen LogP contribution in [0.3, 0.4) is 0 Å². The molecule has 41 heavy (non-hydrogen) atoms. The van der Waals surface area contributed by atoms with E-state index in [1.165, 1.54) is 28.0 Å². The molecule has 0 unspecified atom stereocenters. The number of allylic oxidation sites excluding steroid dienone is 1. The van der Waals surface area contributed by atoms with Crippen molar-refractivity contribution in [3.8, 4) is 17.1 Å². The molecule has 3 heterocycles. The third-order valence-electron chi connectivity index (χ3n) is 6.37. The fourth-order valence-electron chi connectivity index (χ4n) is 4.53. The summed E-state index contributed by atoms with van der Waals surface area (Å²) in [4.78, 5) is 43.3. The highest BCUT2D eigenvalue weighted by Crippen LogP contribution is 2.32. The minimum atomic E-state index is -1.04. The Hall–Kier alpha value is -4.96. The molecule has 1 aliphatic rings. The fraction of sp³-hybridized carbons (Fsp3) is 0.161. The second-order valence-electron chi connectivity index (χ2n) is 9.06. The van der Waals surface area contributed by atoms with Crippen LogP contribution in [0.5, 0.6) is 5.75 Å². The van der Waals surface area contributed by atoms with Gasteiger partial charge in [-0.05, 0) is 55.8 Å². The van der Waals surface area contributed by atoms with Gasteiger partial charge in [0.25, 0.3) is 5.56 Å². The van der Waals surface area contributed by atoms with E-state index in [9.17, 15) is 19.5 Å². The van der Waals surface area contributed by atoms with Crippen molar-refractivity contribution in [2.45, 2.75) is 19.9 Å². The Kier molecular flexibility index (Phi) is 7.84. The van der Waals surface area contributed by atoms with Gasteiger partial charge in [0, 0.05) is 11.6 Å². The Labute approximate surface area is 238 Å². The average Bonchev–Trinajstić information content (AvgIpc) is 3.56. The van der Waals surface area contributed by atoms with Crippen LogP contribution in [0.15, 0.2) is 98.8 Å². The molecule has 0 saturated heterocycles. The minimum Gasteiger partial charge on any atom is -0.490 e. The van der Waals surface area contributed by atoms with Gasteiger partial charge < -0.3 is 19.0 Å². The predicted octanol–water partition coefficient (Wildman–Crippen LogP) is 4.32. The van der Waals surface area contributed by atoms with E-state index in [0.717, 1.165) is 0 Å². The van der Waals surface area contributed by atoms with Gasteiger partial charge in [-0.25, -0.2) is 14.6 Å². The Morgan fingerprint density at radius 3 is 2.66 bits per heavy atom. The number of esters is 1. The largest absolute Gasteiger partial charge is 0.490 e. The SMILES string of the molecule is C=CCOc1ccc([C@H]2C(C(=O)OCC)=C(C)N=c3s/c(=C\c4ccc(-c5cccc(C(=O)O)c5)o4)c(=O)n32)cc1. The van der Waals surface area contributed by atoms with Crippen molar-refractivity contribution in [2.75, 3.05) is 13.2 Å². The molecule has 9 nitrogen and oxygen atoms in total. The van der Waals surface area contributed by atoms with Crippen LogP contribution >= 0.6 is 11.3 Å². The molecule has 4 aromatic rings. The maximum absolute atomic E-state index is 13.8. The van der Waals surface area contributed by atoms with Crippen molar-refractivity contribution in [3.05, 3.63) is 121 Å². The standard InChI is InChI=1S/C31H26N2O7S/c1-4-15-39-22-11-9-19(10-12-22)27-26(30(37)38-5-2)18(3)32-31-33(27)28(34)25(41-31)17-23-13-14-24(40-23)20-7-6-8-21(16-20)29(35)36/h4,6-14,16-17,27H,1,5,15H2,2-3H3,(H,35,36)/b25-17-/t27-/m0/s1. The number of furan rings is 1. The van der Waals surface area contributed by atoms with Gasteiger partial charge in [-0.15, -0.1) is 0 Å². The van der Waals surface area contributed by atoms with Crippen LogP contribution < -0.4 is 19.6 Å². The zero-order valence-electron chi connectivity index (χ0n) is 22.3. The van der Waals surface area contributed by atoms with Crippen LogP contribution in [0, 0.1) is 0 Å². The van der Waals surface area contributed by atoms with Crippen LogP contribution in [-0.2, 0) is 9.53 Å². The van der Waals surface area contributed by atoms with E-state index in [-0.39, 0.29) is 23.3 Å². The Morgan fingerprint density at radius 2 is 1.95 bits per heavy atom. The molecule has 208 valence electrons. The summed E-state index contributed by atoms with van der Waals surface area (Å²) < 4.78 is 18.7. The highest BCUT2D eigenvalue weighted by molar-refractivity contribution is 7.07. The molecule has 0 fully saturated rings. The summed E-state index contributed by atoms with van der Waals surface area (Å²) in [5.41, 5.74) is 1.84. The molecule has 0 saturated carbocycles. The van der Waals surface area contributed by atoms with E-state index in [0.29, 0.717) is 50.0 Å². The summed E-state index contributed by atoms with van der Waals surface area (Å²) in [6.07, 6.45) is 3.26. The summed E-state index contributed by atoms with van der Waals surface area (Å²) in [6.45, 7) is 7.63. The van der Waals surface area contributed by atoms with Crippen LogP contribution in [0.4, 0.5) is 0 Å². The molecule has 2 aromatic heterocycles. The summed E-state index contributed by atoms with van der Waals surface area (Å²) in [5.74, 6) is -0.0799. The highest BCUT2D eigenvalue weighted by atomic mass is 32.1. The Balaban J connectivity index is 1.59. The predicted molar refractivity (Wildman–Crippen MR) is 154 cm³/mol. The molecular formula is C31H26N2O7S. The molecule has 1 N–H and O–H groups in total. The summed E-state index contributed by atoms with van der Waals surface area (Å²) in [7, 11) is 0. The van der Waals surface area contributed by atoms with E-state index < -0.39 is 18.0 Å². The summed E-state index contributed by atoms with van der Waals surface area (Å²) in [6, 6.07) is 16.2. The summed E-state index contributed by atoms with van der Waals surface area (Å²) in [5, 5.41) is 9.30. The lowest BCUT2D eigenvalue weighted by atomic mass is 9.96. The number of benzene rings is 2. The lowest BCUT2D eigenvalue weighted by Crippen LogP contribution is -2.39. The first-order valence-electron chi connectivity index (χ1n) is 12.8. The third-order valence-corrected chi connectivity index (χ3v) is 7.36. The first-order chi connectivity index (χ1) is 19.8. The zero-order chi connectivity index (χ0) is 29.1. The molecular weight excluding hydrogens is 544 g/mol. The molecule has 0 amide bonds. The first kappa shape index (κ1) is 27.6. The number of nitrogens with zero attached hydrogens (tertiary/aromatic N) is 2. The second-order valence-corrected chi connectivity index (χ2v) is 10.1. The van der Waals surface area contributed by atoms with Crippen molar-refractivity contribution < 1.29 is 28.6 Å². The van der Waals surface area contributed by atoms with Crippen molar-refractivity contribution in [2.24, 2.45) is 4.99 Å². The smallest absolute Gasteiger partial charge is 0.338 e. The van der Waals surface area contributed by atoms with Gasteiger partial charge in [0.15, 0.2) is 4.80 Å². The van der Waals surface area contributed by atoms with E-state index >= 15 is 0 Å². The van der Waals surface area contributed by atoms with E-state index in [1.54, 1.807) is 62.4 Å². The number of ether oxygens (including phenoxy) is 2.